The number of halogens is 1. The Morgan fingerprint density at radius 3 is 3.15 bits per heavy atom. The van der Waals surface area contributed by atoms with Crippen molar-refractivity contribution in [2.75, 3.05) is 13.2 Å². The second-order valence-corrected chi connectivity index (χ2v) is 2.78. The molecule has 0 bridgehead atoms. The van der Waals surface area contributed by atoms with Gasteiger partial charge in [-0.3, -0.25) is 0 Å². The highest BCUT2D eigenvalue weighted by Crippen LogP contribution is 2.13. The van der Waals surface area contributed by atoms with Crippen LogP contribution in [0.1, 0.15) is 6.42 Å². The van der Waals surface area contributed by atoms with Crippen molar-refractivity contribution in [1.29, 1.82) is 0 Å². The number of rotatable bonds is 2. The Morgan fingerprint density at radius 1 is 1.54 bits per heavy atom. The topological polar surface area (TPSA) is 44.2 Å². The quantitative estimate of drug-likeness (QED) is 0.637. The van der Waals surface area contributed by atoms with Crippen molar-refractivity contribution in [3.05, 3.63) is 18.3 Å². The van der Waals surface area contributed by atoms with E-state index in [1.807, 2.05) is 0 Å². The summed E-state index contributed by atoms with van der Waals surface area (Å²) in [4.78, 5) is 7.10. The molecule has 1 saturated heterocycles. The number of hydrogen-bond donors (Lipinski definition) is 0. The molecular weight excluding hydrogens is 175 g/mol. The normalized spacial score (nSPS) is 21.8. The lowest BCUT2D eigenvalue weighted by molar-refractivity contribution is 0.137. The highest BCUT2D eigenvalue weighted by atomic mass is 19.1. The van der Waals surface area contributed by atoms with E-state index < -0.39 is 5.95 Å². The van der Waals surface area contributed by atoms with E-state index in [0.717, 1.165) is 12.7 Å². The van der Waals surface area contributed by atoms with Gasteiger partial charge in [-0.05, 0) is 0 Å². The second kappa shape index (κ2) is 3.66. The Labute approximate surface area is 74.7 Å². The van der Waals surface area contributed by atoms with Crippen LogP contribution in [0.25, 0.3) is 0 Å². The summed E-state index contributed by atoms with van der Waals surface area (Å²) in [6, 6.07) is 1.16. The van der Waals surface area contributed by atoms with Gasteiger partial charge in [0.1, 0.15) is 12.4 Å². The van der Waals surface area contributed by atoms with E-state index in [9.17, 15) is 4.39 Å². The lowest BCUT2D eigenvalue weighted by Crippen LogP contribution is -2.16. The number of ether oxygens (including phenoxy) is 2. The van der Waals surface area contributed by atoms with Gasteiger partial charge in [0, 0.05) is 6.42 Å². The summed E-state index contributed by atoms with van der Waals surface area (Å²) in [5.74, 6) is -0.313. The molecule has 0 amide bonds. The van der Waals surface area contributed by atoms with Gasteiger partial charge >= 0.3 is 0 Å². The summed E-state index contributed by atoms with van der Waals surface area (Å²) in [6.45, 7) is 1.24. The molecule has 1 fully saturated rings. The van der Waals surface area contributed by atoms with Gasteiger partial charge in [-0.2, -0.15) is 4.39 Å². The Bertz CT molecular complexity index is 289. The molecule has 5 heteroatoms. The van der Waals surface area contributed by atoms with Crippen LogP contribution >= 0.6 is 0 Å². The van der Waals surface area contributed by atoms with Crippen LogP contribution in [0, 0.1) is 5.95 Å². The Morgan fingerprint density at radius 2 is 2.46 bits per heavy atom. The van der Waals surface area contributed by atoms with E-state index in [-0.39, 0.29) is 12.0 Å². The molecule has 2 rings (SSSR count). The fourth-order valence-corrected chi connectivity index (χ4v) is 1.16. The Hall–Kier alpha value is -1.23. The molecule has 0 aromatic carbocycles. The first-order valence-corrected chi connectivity index (χ1v) is 4.06. The molecule has 13 heavy (non-hydrogen) atoms. The molecule has 0 aliphatic carbocycles. The van der Waals surface area contributed by atoms with Crippen molar-refractivity contribution in [2.24, 2.45) is 0 Å². The summed E-state index contributed by atoms with van der Waals surface area (Å²) in [5, 5.41) is 0. The standard InChI is InChI=1S/C8H9FN2O2/c9-7-3-8(11-5-10-7)13-6-1-2-12-4-6/h3,5-6H,1-2,4H2. The van der Waals surface area contributed by atoms with Crippen LogP contribution in [0.2, 0.25) is 0 Å². The molecule has 1 unspecified atom stereocenters. The van der Waals surface area contributed by atoms with E-state index in [1.165, 1.54) is 6.07 Å². The Kier molecular flexibility index (Phi) is 2.35. The summed E-state index contributed by atoms with van der Waals surface area (Å²) in [7, 11) is 0. The van der Waals surface area contributed by atoms with Crippen molar-refractivity contribution in [3.8, 4) is 5.88 Å². The SMILES string of the molecule is Fc1cc(OC2CCOC2)ncn1. The number of nitrogens with zero attached hydrogens (tertiary/aromatic N) is 2. The predicted octanol–water partition coefficient (Wildman–Crippen LogP) is 0.783. The van der Waals surface area contributed by atoms with Crippen LogP contribution in [0.3, 0.4) is 0 Å². The molecule has 0 N–H and O–H groups in total. The molecule has 1 aromatic heterocycles. The monoisotopic (exact) mass is 184 g/mol. The minimum Gasteiger partial charge on any atom is -0.472 e. The smallest absolute Gasteiger partial charge is 0.219 e. The molecule has 1 aliphatic heterocycles. The zero-order valence-electron chi connectivity index (χ0n) is 6.94. The van der Waals surface area contributed by atoms with Gasteiger partial charge in [-0.25, -0.2) is 9.97 Å². The lowest BCUT2D eigenvalue weighted by atomic mass is 10.3. The van der Waals surface area contributed by atoms with E-state index in [1.54, 1.807) is 0 Å². The van der Waals surface area contributed by atoms with E-state index in [2.05, 4.69) is 9.97 Å². The third-order valence-electron chi connectivity index (χ3n) is 1.78. The van der Waals surface area contributed by atoms with Gasteiger partial charge < -0.3 is 9.47 Å². The minimum atomic E-state index is -0.580. The van der Waals surface area contributed by atoms with Crippen molar-refractivity contribution >= 4 is 0 Å². The van der Waals surface area contributed by atoms with Crippen LogP contribution in [0.5, 0.6) is 5.88 Å². The molecular formula is C8H9FN2O2. The van der Waals surface area contributed by atoms with Gasteiger partial charge in [-0.15, -0.1) is 0 Å². The lowest BCUT2D eigenvalue weighted by Gasteiger charge is -2.09. The van der Waals surface area contributed by atoms with Gasteiger partial charge in [0.05, 0.1) is 19.3 Å². The zero-order valence-corrected chi connectivity index (χ0v) is 6.94. The summed E-state index contributed by atoms with van der Waals surface area (Å²) >= 11 is 0. The maximum Gasteiger partial charge on any atom is 0.219 e. The highest BCUT2D eigenvalue weighted by Gasteiger charge is 2.17. The van der Waals surface area contributed by atoms with Gasteiger partial charge in [0.2, 0.25) is 11.8 Å². The molecule has 2 heterocycles. The average Bonchev–Trinajstić information content (AvgIpc) is 2.57. The predicted molar refractivity (Wildman–Crippen MR) is 41.8 cm³/mol. The van der Waals surface area contributed by atoms with Gasteiger partial charge in [-0.1, -0.05) is 0 Å². The van der Waals surface area contributed by atoms with E-state index >= 15 is 0 Å². The number of aromatic nitrogens is 2. The van der Waals surface area contributed by atoms with Crippen LogP contribution in [0.4, 0.5) is 4.39 Å². The second-order valence-electron chi connectivity index (χ2n) is 2.78. The first kappa shape index (κ1) is 8.37. The molecule has 0 spiro atoms. The molecule has 1 aliphatic rings. The fraction of sp³-hybridized carbons (Fsp3) is 0.500. The first-order valence-electron chi connectivity index (χ1n) is 4.06. The zero-order chi connectivity index (χ0) is 9.10. The third kappa shape index (κ3) is 2.12. The molecule has 1 atom stereocenters. The van der Waals surface area contributed by atoms with Crippen molar-refractivity contribution in [3.63, 3.8) is 0 Å². The van der Waals surface area contributed by atoms with Gasteiger partial charge in [0.25, 0.3) is 0 Å². The van der Waals surface area contributed by atoms with Crippen LogP contribution in [-0.4, -0.2) is 29.3 Å². The van der Waals surface area contributed by atoms with E-state index in [4.69, 9.17) is 9.47 Å². The molecule has 1 aromatic rings. The largest absolute Gasteiger partial charge is 0.472 e. The highest BCUT2D eigenvalue weighted by molar-refractivity contribution is 5.06. The van der Waals surface area contributed by atoms with Crippen LogP contribution < -0.4 is 4.74 Å². The molecule has 0 saturated carbocycles. The van der Waals surface area contributed by atoms with Crippen molar-refractivity contribution < 1.29 is 13.9 Å². The van der Waals surface area contributed by atoms with Crippen molar-refractivity contribution in [1.82, 2.24) is 9.97 Å². The van der Waals surface area contributed by atoms with Crippen LogP contribution in [-0.2, 0) is 4.74 Å². The average molecular weight is 184 g/mol. The van der Waals surface area contributed by atoms with Gasteiger partial charge in [0.15, 0.2) is 0 Å². The molecule has 0 radical (unpaired) electrons. The first-order chi connectivity index (χ1) is 6.34. The number of hydrogen-bond acceptors (Lipinski definition) is 4. The van der Waals surface area contributed by atoms with Crippen molar-refractivity contribution in [2.45, 2.75) is 12.5 Å². The minimum absolute atomic E-state index is 0.00528. The summed E-state index contributed by atoms with van der Waals surface area (Å²) < 4.78 is 23.0. The third-order valence-corrected chi connectivity index (χ3v) is 1.78. The van der Waals surface area contributed by atoms with Crippen LogP contribution in [0.15, 0.2) is 12.4 Å². The molecule has 4 nitrogen and oxygen atoms in total. The maximum absolute atomic E-state index is 12.6. The summed E-state index contributed by atoms with van der Waals surface area (Å²) in [5.41, 5.74) is 0. The summed E-state index contributed by atoms with van der Waals surface area (Å²) in [6.07, 6.45) is 1.96. The van der Waals surface area contributed by atoms with E-state index in [0.29, 0.717) is 13.2 Å². The molecule has 70 valence electrons. The fourth-order valence-electron chi connectivity index (χ4n) is 1.16. The Balaban J connectivity index is 2.00. The maximum atomic E-state index is 12.6.